The van der Waals surface area contributed by atoms with Crippen molar-refractivity contribution < 1.29 is 0 Å². The Bertz CT molecular complexity index is 475. The van der Waals surface area contributed by atoms with E-state index in [9.17, 15) is 0 Å². The van der Waals surface area contributed by atoms with Crippen molar-refractivity contribution in [3.63, 3.8) is 0 Å². The number of nitrogens with zero attached hydrogens (tertiary/aromatic N) is 2. The Labute approximate surface area is 130 Å². The van der Waals surface area contributed by atoms with Crippen LogP contribution < -0.4 is 10.6 Å². The second-order valence-electron chi connectivity index (χ2n) is 6.13. The van der Waals surface area contributed by atoms with Crippen LogP contribution >= 0.6 is 15.9 Å². The molecule has 3 rings (SSSR count). The highest BCUT2D eigenvalue weighted by atomic mass is 79.9. The number of hydrogen-bond donors (Lipinski definition) is 1. The Kier molecular flexibility index (Phi) is 4.34. The topological polar surface area (TPSA) is 32.5 Å². The molecule has 2 fully saturated rings. The summed E-state index contributed by atoms with van der Waals surface area (Å²) in [6.07, 6.45) is 4.13. The Balaban J connectivity index is 1.75. The number of hydrogen-bond acceptors (Lipinski definition) is 3. The molecule has 2 unspecified atom stereocenters. The zero-order chi connectivity index (χ0) is 14.1. The molecule has 2 saturated heterocycles. The number of fused-ring (bicyclic) bond motifs is 1. The number of halogens is 1. The van der Waals surface area contributed by atoms with Crippen LogP contribution in [-0.4, -0.2) is 37.1 Å². The van der Waals surface area contributed by atoms with Gasteiger partial charge in [0.05, 0.1) is 0 Å². The second kappa shape index (κ2) is 6.04. The molecule has 2 heterocycles. The van der Waals surface area contributed by atoms with Crippen LogP contribution in [0, 0.1) is 0 Å². The van der Waals surface area contributed by atoms with Crippen LogP contribution in [0.2, 0.25) is 0 Å². The lowest BCUT2D eigenvalue weighted by atomic mass is 9.99. The van der Waals surface area contributed by atoms with Crippen LogP contribution in [0.15, 0.2) is 22.7 Å². The number of rotatable bonds is 2. The summed E-state index contributed by atoms with van der Waals surface area (Å²) < 4.78 is 1.14. The molecule has 0 aromatic heterocycles. The van der Waals surface area contributed by atoms with Crippen LogP contribution in [-0.2, 0) is 0 Å². The van der Waals surface area contributed by atoms with Crippen molar-refractivity contribution in [2.75, 3.05) is 31.1 Å². The lowest BCUT2D eigenvalue weighted by molar-refractivity contribution is 0.133. The van der Waals surface area contributed by atoms with Gasteiger partial charge in [-0.2, -0.15) is 0 Å². The van der Waals surface area contributed by atoms with Crippen molar-refractivity contribution in [2.24, 2.45) is 5.73 Å². The van der Waals surface area contributed by atoms with Gasteiger partial charge in [-0.15, -0.1) is 0 Å². The lowest BCUT2D eigenvalue weighted by Crippen LogP contribution is -2.54. The number of nitrogens with two attached hydrogens (primary N) is 1. The van der Waals surface area contributed by atoms with Crippen molar-refractivity contribution in [2.45, 2.75) is 38.3 Å². The predicted molar refractivity (Wildman–Crippen MR) is 88.2 cm³/mol. The van der Waals surface area contributed by atoms with E-state index in [0.717, 1.165) is 17.1 Å². The molecule has 0 spiro atoms. The zero-order valence-electron chi connectivity index (χ0n) is 12.2. The summed E-state index contributed by atoms with van der Waals surface area (Å²) in [4.78, 5) is 5.20. The molecular formula is C16H24BrN3. The van der Waals surface area contributed by atoms with E-state index in [-0.39, 0.29) is 6.04 Å². The van der Waals surface area contributed by atoms with Gasteiger partial charge in [0.1, 0.15) is 0 Å². The monoisotopic (exact) mass is 337 g/mol. The third-order valence-corrected chi connectivity index (χ3v) is 5.36. The summed E-state index contributed by atoms with van der Waals surface area (Å²) in [5.74, 6) is 0. The molecule has 2 atom stereocenters. The minimum absolute atomic E-state index is 0.0774. The van der Waals surface area contributed by atoms with Crippen molar-refractivity contribution in [1.82, 2.24) is 4.90 Å². The molecule has 2 aliphatic heterocycles. The van der Waals surface area contributed by atoms with Gasteiger partial charge in [0.2, 0.25) is 0 Å². The lowest BCUT2D eigenvalue weighted by Gasteiger charge is -2.45. The van der Waals surface area contributed by atoms with Crippen molar-refractivity contribution in [3.8, 4) is 0 Å². The fourth-order valence-corrected chi connectivity index (χ4v) is 4.20. The first-order valence-electron chi connectivity index (χ1n) is 7.69. The fraction of sp³-hybridized carbons (Fsp3) is 0.625. The smallest absolute Gasteiger partial charge is 0.0378 e. The third-order valence-electron chi connectivity index (χ3n) is 4.68. The molecule has 0 aliphatic carbocycles. The molecule has 2 N–H and O–H groups in total. The van der Waals surface area contributed by atoms with Crippen LogP contribution in [0.25, 0.3) is 0 Å². The second-order valence-corrected chi connectivity index (χ2v) is 6.98. The molecule has 110 valence electrons. The van der Waals surface area contributed by atoms with E-state index in [1.54, 1.807) is 0 Å². The zero-order valence-corrected chi connectivity index (χ0v) is 13.8. The van der Waals surface area contributed by atoms with Crippen molar-refractivity contribution in [3.05, 3.63) is 28.2 Å². The van der Waals surface area contributed by atoms with E-state index >= 15 is 0 Å². The number of benzene rings is 1. The normalized spacial score (nSPS) is 25.4. The highest BCUT2D eigenvalue weighted by Gasteiger charge is 2.29. The van der Waals surface area contributed by atoms with E-state index in [4.69, 9.17) is 5.73 Å². The van der Waals surface area contributed by atoms with Crippen molar-refractivity contribution >= 4 is 21.6 Å². The summed E-state index contributed by atoms with van der Waals surface area (Å²) in [6.45, 7) is 6.84. The first-order valence-corrected chi connectivity index (χ1v) is 8.48. The Morgan fingerprint density at radius 2 is 2.10 bits per heavy atom. The Hall–Kier alpha value is -0.580. The van der Waals surface area contributed by atoms with E-state index in [1.165, 1.54) is 50.1 Å². The predicted octanol–water partition coefficient (Wildman–Crippen LogP) is 3.14. The maximum absolute atomic E-state index is 5.98. The third kappa shape index (κ3) is 2.87. The van der Waals surface area contributed by atoms with Gasteiger partial charge in [-0.3, -0.25) is 4.90 Å². The molecule has 4 heteroatoms. The molecule has 2 aliphatic rings. The number of piperidine rings is 1. The van der Waals surface area contributed by atoms with Crippen LogP contribution in [0.1, 0.15) is 37.8 Å². The highest BCUT2D eigenvalue weighted by molar-refractivity contribution is 9.10. The highest BCUT2D eigenvalue weighted by Crippen LogP contribution is 2.30. The van der Waals surface area contributed by atoms with Gasteiger partial charge < -0.3 is 10.6 Å². The van der Waals surface area contributed by atoms with E-state index in [1.807, 2.05) is 6.92 Å². The molecule has 0 amide bonds. The van der Waals surface area contributed by atoms with Gasteiger partial charge in [-0.05, 0) is 44.0 Å². The maximum Gasteiger partial charge on any atom is 0.0378 e. The van der Waals surface area contributed by atoms with Gasteiger partial charge in [0.25, 0.3) is 0 Å². The van der Waals surface area contributed by atoms with Gasteiger partial charge in [-0.25, -0.2) is 0 Å². The summed E-state index contributed by atoms with van der Waals surface area (Å²) in [7, 11) is 0. The number of anilines is 1. The molecule has 1 aromatic rings. The molecule has 0 radical (unpaired) electrons. The van der Waals surface area contributed by atoms with Gasteiger partial charge in [0, 0.05) is 41.9 Å². The average Bonchev–Trinajstić information content (AvgIpc) is 2.46. The quantitative estimate of drug-likeness (QED) is 0.899. The Morgan fingerprint density at radius 3 is 2.85 bits per heavy atom. The van der Waals surface area contributed by atoms with Gasteiger partial charge in [0.15, 0.2) is 0 Å². The van der Waals surface area contributed by atoms with Crippen LogP contribution in [0.3, 0.4) is 0 Å². The molecular weight excluding hydrogens is 314 g/mol. The standard InChI is InChI=1S/C16H24BrN3/c1-12(18)15-6-5-13(10-16(15)17)20-9-8-19-7-3-2-4-14(19)11-20/h5-6,10,12,14H,2-4,7-9,11,18H2,1H3. The summed E-state index contributed by atoms with van der Waals surface area (Å²) >= 11 is 3.67. The van der Waals surface area contributed by atoms with Crippen molar-refractivity contribution in [1.29, 1.82) is 0 Å². The average molecular weight is 338 g/mol. The van der Waals surface area contributed by atoms with Gasteiger partial charge in [-0.1, -0.05) is 28.4 Å². The van der Waals surface area contributed by atoms with Crippen LogP contribution in [0.4, 0.5) is 5.69 Å². The van der Waals surface area contributed by atoms with E-state index < -0.39 is 0 Å². The molecule has 20 heavy (non-hydrogen) atoms. The summed E-state index contributed by atoms with van der Waals surface area (Å²) in [5.41, 5.74) is 8.49. The number of piperazine rings is 1. The minimum Gasteiger partial charge on any atom is -0.369 e. The van der Waals surface area contributed by atoms with Gasteiger partial charge >= 0.3 is 0 Å². The molecule has 1 aromatic carbocycles. The first-order chi connectivity index (χ1) is 9.65. The molecule has 0 saturated carbocycles. The molecule has 0 bridgehead atoms. The summed E-state index contributed by atoms with van der Waals surface area (Å²) in [6, 6.07) is 7.45. The molecule has 3 nitrogen and oxygen atoms in total. The SMILES string of the molecule is CC(N)c1ccc(N2CCN3CCCCC3C2)cc1Br. The van der Waals surface area contributed by atoms with Crippen LogP contribution in [0.5, 0.6) is 0 Å². The van der Waals surface area contributed by atoms with E-state index in [0.29, 0.717) is 0 Å². The summed E-state index contributed by atoms with van der Waals surface area (Å²) in [5, 5.41) is 0. The fourth-order valence-electron chi connectivity index (χ4n) is 3.47. The van der Waals surface area contributed by atoms with E-state index in [2.05, 4.69) is 43.9 Å². The maximum atomic E-state index is 5.98. The minimum atomic E-state index is 0.0774. The Morgan fingerprint density at radius 1 is 1.25 bits per heavy atom. The largest absolute Gasteiger partial charge is 0.369 e. The first kappa shape index (κ1) is 14.4.